The first-order valence-corrected chi connectivity index (χ1v) is 1.62. The van der Waals surface area contributed by atoms with Crippen molar-refractivity contribution in [3.05, 3.63) is 0 Å². The summed E-state index contributed by atoms with van der Waals surface area (Å²) in [7, 11) is 0. The fourth-order valence-corrected chi connectivity index (χ4v) is 0. The predicted octanol–water partition coefficient (Wildman–Crippen LogP) is 0.847. The average molecular weight is 63.1 g/mol. The van der Waals surface area contributed by atoms with Crippen molar-refractivity contribution in [1.29, 1.82) is 0 Å². The van der Waals surface area contributed by atoms with Crippen LogP contribution in [0.3, 0.4) is 0 Å². The molecule has 0 amide bonds. The molecule has 0 saturated heterocycles. The topological polar surface area (TPSA) is 26.0 Å². The largest absolute Gasteiger partial charge is 0.330 e. The van der Waals surface area contributed by atoms with E-state index in [9.17, 15) is 0 Å². The predicted molar refractivity (Wildman–Crippen MR) is 23.6 cm³/mol. The summed E-state index contributed by atoms with van der Waals surface area (Å²) in [6, 6.07) is 0. The van der Waals surface area contributed by atoms with Crippen LogP contribution < -0.4 is 5.73 Å². The summed E-state index contributed by atoms with van der Waals surface area (Å²) in [5.74, 6) is 0. The van der Waals surface area contributed by atoms with E-state index in [1.54, 1.807) is 0 Å². The molecule has 1 heteroatoms. The lowest BCUT2D eigenvalue weighted by molar-refractivity contribution is 0.932. The molecular formula is C3H13N. The second-order valence-corrected chi connectivity index (χ2v) is 0.789. The van der Waals surface area contributed by atoms with E-state index in [1.165, 1.54) is 0 Å². The lowest BCUT2D eigenvalue weighted by atomic mass is 10.5. The summed E-state index contributed by atoms with van der Waals surface area (Å²) in [4.78, 5) is 0. The van der Waals surface area contributed by atoms with Crippen molar-refractivity contribution in [3.63, 3.8) is 0 Å². The van der Waals surface area contributed by atoms with Gasteiger partial charge in [0.25, 0.3) is 0 Å². The maximum atomic E-state index is 5.03. The lowest BCUT2D eigenvalue weighted by Gasteiger charge is -1.70. The van der Waals surface area contributed by atoms with E-state index in [1.807, 2.05) is 0 Å². The summed E-state index contributed by atoms with van der Waals surface area (Å²) < 4.78 is 0. The molecule has 1 nitrogen and oxygen atoms in total. The van der Waals surface area contributed by atoms with E-state index in [0.29, 0.717) is 0 Å². The molecule has 4 heavy (non-hydrogen) atoms. The third kappa shape index (κ3) is 1.96. The Labute approximate surface area is 29.8 Å². The van der Waals surface area contributed by atoms with E-state index in [4.69, 9.17) is 5.73 Å². The zero-order valence-electron chi connectivity index (χ0n) is 2.99. The van der Waals surface area contributed by atoms with Gasteiger partial charge in [0, 0.05) is 2.85 Å². The fraction of sp³-hybridized carbons (Fsp3) is 1.00. The molecule has 0 unspecified atom stereocenters. The summed E-state index contributed by atoms with van der Waals surface area (Å²) in [5, 5.41) is 0. The summed E-state index contributed by atoms with van der Waals surface area (Å²) in [6.45, 7) is 2.88. The second-order valence-electron chi connectivity index (χ2n) is 0.789. The quantitative estimate of drug-likeness (QED) is 0.479. The van der Waals surface area contributed by atoms with Gasteiger partial charge < -0.3 is 5.73 Å². The maximum absolute atomic E-state index is 5.03. The van der Waals surface area contributed by atoms with Gasteiger partial charge in [-0.1, -0.05) is 6.92 Å². The molecule has 0 rings (SSSR count). The van der Waals surface area contributed by atoms with E-state index in [-0.39, 0.29) is 2.85 Å². The molecule has 0 bridgehead atoms. The number of hydrogen-bond acceptors (Lipinski definition) is 1. The van der Waals surface area contributed by atoms with Gasteiger partial charge in [0.2, 0.25) is 0 Å². The van der Waals surface area contributed by atoms with Crippen molar-refractivity contribution in [2.45, 2.75) is 13.3 Å². The van der Waals surface area contributed by atoms with Crippen molar-refractivity contribution in [3.8, 4) is 0 Å². The molecule has 0 aromatic carbocycles. The first kappa shape index (κ1) is 3.96. The van der Waals surface area contributed by atoms with Gasteiger partial charge in [-0.05, 0) is 13.0 Å². The molecule has 0 aliphatic rings. The van der Waals surface area contributed by atoms with Gasteiger partial charge >= 0.3 is 0 Å². The van der Waals surface area contributed by atoms with Crippen LogP contribution in [-0.2, 0) is 0 Å². The Morgan fingerprint density at radius 3 is 2.25 bits per heavy atom. The molecule has 0 aliphatic heterocycles. The zero-order chi connectivity index (χ0) is 3.41. The van der Waals surface area contributed by atoms with Crippen LogP contribution in [0.1, 0.15) is 16.2 Å². The van der Waals surface area contributed by atoms with Gasteiger partial charge in [-0.15, -0.1) is 0 Å². The molecule has 0 fully saturated rings. The van der Waals surface area contributed by atoms with Crippen LogP contribution >= 0.6 is 0 Å². The number of rotatable bonds is 1. The molecule has 0 aromatic heterocycles. The molecule has 0 spiro atoms. The third-order valence-electron chi connectivity index (χ3n) is 0.289. The van der Waals surface area contributed by atoms with Crippen LogP contribution in [0.5, 0.6) is 0 Å². The Morgan fingerprint density at radius 2 is 2.25 bits per heavy atom. The standard InChI is InChI=1S/C3H9N.2H2/c1-2-3-4;;/h2-4H2,1H3;2*1H. The highest BCUT2D eigenvalue weighted by Crippen LogP contribution is 1.57. The zero-order valence-corrected chi connectivity index (χ0v) is 2.99. The SMILES string of the molecule is CCCN.[HH].[HH]. The highest BCUT2D eigenvalue weighted by molar-refractivity contribution is 4.19. The Morgan fingerprint density at radius 1 is 2.00 bits per heavy atom. The van der Waals surface area contributed by atoms with Gasteiger partial charge in [0.15, 0.2) is 0 Å². The minimum Gasteiger partial charge on any atom is -0.330 e. The van der Waals surface area contributed by atoms with Crippen molar-refractivity contribution in [1.82, 2.24) is 0 Å². The Balaban J connectivity index is -0.0000000450. The van der Waals surface area contributed by atoms with Crippen LogP contribution in [0.4, 0.5) is 0 Å². The van der Waals surface area contributed by atoms with Crippen molar-refractivity contribution >= 4 is 0 Å². The fourth-order valence-electron chi connectivity index (χ4n) is 0. The molecule has 0 aliphatic carbocycles. The van der Waals surface area contributed by atoms with Crippen molar-refractivity contribution in [2.24, 2.45) is 5.73 Å². The molecule has 0 saturated carbocycles. The monoisotopic (exact) mass is 63.1 g/mol. The van der Waals surface area contributed by atoms with Gasteiger partial charge in [0.05, 0.1) is 0 Å². The van der Waals surface area contributed by atoms with Gasteiger partial charge in [-0.3, -0.25) is 0 Å². The number of nitrogens with two attached hydrogens (primary N) is 1. The minimum atomic E-state index is 0. The van der Waals surface area contributed by atoms with Crippen LogP contribution in [-0.4, -0.2) is 6.54 Å². The molecule has 2 N–H and O–H groups in total. The van der Waals surface area contributed by atoms with Gasteiger partial charge in [-0.2, -0.15) is 0 Å². The van der Waals surface area contributed by atoms with Crippen LogP contribution in [0.15, 0.2) is 0 Å². The van der Waals surface area contributed by atoms with E-state index in [0.717, 1.165) is 13.0 Å². The molecule has 30 valence electrons. The Hall–Kier alpha value is -0.0400. The van der Waals surface area contributed by atoms with E-state index < -0.39 is 0 Å². The number of hydrogen-bond donors (Lipinski definition) is 1. The van der Waals surface area contributed by atoms with E-state index >= 15 is 0 Å². The van der Waals surface area contributed by atoms with E-state index in [2.05, 4.69) is 6.92 Å². The van der Waals surface area contributed by atoms with Crippen LogP contribution in [0, 0.1) is 0 Å². The minimum absolute atomic E-state index is 0. The second kappa shape index (κ2) is 2.96. The average Bonchev–Trinajstić information content (AvgIpc) is 1.37. The Kier molecular flexibility index (Phi) is 2.93. The summed E-state index contributed by atoms with van der Waals surface area (Å²) >= 11 is 0. The van der Waals surface area contributed by atoms with Crippen LogP contribution in [0.2, 0.25) is 0 Å². The first-order chi connectivity index (χ1) is 1.91. The third-order valence-corrected chi connectivity index (χ3v) is 0.289. The maximum Gasteiger partial charge on any atom is 0 e. The molecule has 0 atom stereocenters. The van der Waals surface area contributed by atoms with Crippen molar-refractivity contribution < 1.29 is 2.85 Å². The normalized spacial score (nSPS) is 7.50. The van der Waals surface area contributed by atoms with Gasteiger partial charge in [0.1, 0.15) is 0 Å². The van der Waals surface area contributed by atoms with Gasteiger partial charge in [-0.25, -0.2) is 0 Å². The molecule has 0 radical (unpaired) electrons. The lowest BCUT2D eigenvalue weighted by Crippen LogP contribution is -1.93. The highest BCUT2D eigenvalue weighted by atomic mass is 14.5. The highest BCUT2D eigenvalue weighted by Gasteiger charge is 1.55. The summed E-state index contributed by atoms with van der Waals surface area (Å²) in [5.41, 5.74) is 5.03. The Bertz CT molecular complexity index is 10.8. The van der Waals surface area contributed by atoms with Crippen molar-refractivity contribution in [2.75, 3.05) is 6.54 Å². The first-order valence-electron chi connectivity index (χ1n) is 1.62. The summed E-state index contributed by atoms with van der Waals surface area (Å²) in [6.07, 6.45) is 1.10. The smallest absolute Gasteiger partial charge is 0 e. The molecule has 0 aromatic rings. The molecule has 0 heterocycles. The van der Waals surface area contributed by atoms with Crippen LogP contribution in [0.25, 0.3) is 0 Å². The molecular weight excluding hydrogens is 50.0 g/mol.